The third-order valence-electron chi connectivity index (χ3n) is 8.05. The molecule has 2 aliphatic heterocycles. The quantitative estimate of drug-likeness (QED) is 0.534. The number of likely N-dealkylation sites (tertiary alicyclic amines) is 1. The molecule has 7 heteroatoms. The van der Waals surface area contributed by atoms with Crippen molar-refractivity contribution in [1.82, 2.24) is 24.3 Å². The van der Waals surface area contributed by atoms with Gasteiger partial charge in [0.25, 0.3) is 5.91 Å². The Morgan fingerprint density at radius 3 is 2.89 bits per heavy atom. The van der Waals surface area contributed by atoms with E-state index >= 15 is 0 Å². The fraction of sp³-hybridized carbons (Fsp3) is 0.464. The Balaban J connectivity index is 1.36. The molecule has 3 aromatic rings. The molecule has 1 saturated carbocycles. The highest BCUT2D eigenvalue weighted by Crippen LogP contribution is 2.38. The first-order chi connectivity index (χ1) is 17.1. The molecule has 6 rings (SSSR count). The highest BCUT2D eigenvalue weighted by Gasteiger charge is 2.34. The number of aliphatic imine (C=N–C) groups is 1. The number of hydrogen-bond donors (Lipinski definition) is 1. The van der Waals surface area contributed by atoms with Crippen LogP contribution in [0.3, 0.4) is 0 Å². The van der Waals surface area contributed by atoms with E-state index in [2.05, 4.69) is 38.3 Å². The van der Waals surface area contributed by atoms with Gasteiger partial charge >= 0.3 is 0 Å². The van der Waals surface area contributed by atoms with Crippen LogP contribution in [0.25, 0.3) is 28.6 Å². The lowest BCUT2D eigenvalue weighted by atomic mass is 9.92. The molecule has 0 spiro atoms. The van der Waals surface area contributed by atoms with Crippen molar-refractivity contribution in [2.24, 2.45) is 23.9 Å². The number of carbonyl (C=O) groups excluding carboxylic acids is 1. The number of nitrogens with zero attached hydrogens (tertiary/aromatic N) is 5. The van der Waals surface area contributed by atoms with Gasteiger partial charge in [0, 0.05) is 43.9 Å². The smallest absolute Gasteiger partial charge is 0.253 e. The Kier molecular flexibility index (Phi) is 5.60. The van der Waals surface area contributed by atoms with E-state index in [1.165, 1.54) is 19.3 Å². The van der Waals surface area contributed by atoms with E-state index in [9.17, 15) is 4.79 Å². The van der Waals surface area contributed by atoms with Gasteiger partial charge in [0.05, 0.1) is 16.7 Å². The summed E-state index contributed by atoms with van der Waals surface area (Å²) in [6, 6.07) is 8.56. The van der Waals surface area contributed by atoms with Gasteiger partial charge in [0.1, 0.15) is 5.82 Å². The second kappa shape index (κ2) is 8.79. The summed E-state index contributed by atoms with van der Waals surface area (Å²) >= 11 is 0. The molecule has 0 bridgehead atoms. The van der Waals surface area contributed by atoms with E-state index in [4.69, 9.17) is 4.98 Å². The Morgan fingerprint density at radius 1 is 1.26 bits per heavy atom. The molecule has 1 amide bonds. The molecule has 3 fully saturated rings. The van der Waals surface area contributed by atoms with Crippen LogP contribution in [0.5, 0.6) is 0 Å². The summed E-state index contributed by atoms with van der Waals surface area (Å²) in [6.07, 6.45) is 8.95. The van der Waals surface area contributed by atoms with Crippen molar-refractivity contribution in [2.75, 3.05) is 19.6 Å². The summed E-state index contributed by atoms with van der Waals surface area (Å²) in [5.41, 5.74) is 4.70. The number of aryl methyl sites for hydroxylation is 1. The minimum Gasteiger partial charge on any atom is -0.337 e. The largest absolute Gasteiger partial charge is 0.337 e. The van der Waals surface area contributed by atoms with Crippen molar-refractivity contribution in [3.05, 3.63) is 41.5 Å². The molecule has 1 N–H and O–H groups in total. The monoisotopic (exact) mass is 470 g/mol. The highest BCUT2D eigenvalue weighted by atomic mass is 16.2. The average Bonchev–Trinajstić information content (AvgIpc) is 3.31. The van der Waals surface area contributed by atoms with Gasteiger partial charge < -0.3 is 19.4 Å². The molecule has 1 aliphatic carbocycles. The summed E-state index contributed by atoms with van der Waals surface area (Å²) in [7, 11) is 2.05. The maximum atomic E-state index is 13.4. The van der Waals surface area contributed by atoms with Crippen LogP contribution in [0.15, 0.2) is 35.3 Å². The number of fused-ring (bicyclic) bond motifs is 2. The lowest BCUT2D eigenvalue weighted by Crippen LogP contribution is -2.48. The van der Waals surface area contributed by atoms with Crippen LogP contribution in [0.1, 0.15) is 48.5 Å². The average molecular weight is 471 g/mol. The van der Waals surface area contributed by atoms with Gasteiger partial charge in [-0.1, -0.05) is 12.2 Å². The van der Waals surface area contributed by atoms with E-state index in [1.807, 2.05) is 43.1 Å². The molecule has 0 unspecified atom stereocenters. The van der Waals surface area contributed by atoms with Gasteiger partial charge in [-0.25, -0.2) is 9.98 Å². The molecular weight excluding hydrogens is 436 g/mol. The summed E-state index contributed by atoms with van der Waals surface area (Å²) in [5, 5.41) is 3.57. The number of carbonyl (C=O) groups is 1. The van der Waals surface area contributed by atoms with Crippen LogP contribution in [0.2, 0.25) is 0 Å². The summed E-state index contributed by atoms with van der Waals surface area (Å²) < 4.78 is 4.40. The van der Waals surface area contributed by atoms with Crippen LogP contribution < -0.4 is 5.32 Å². The fourth-order valence-corrected chi connectivity index (χ4v) is 5.93. The van der Waals surface area contributed by atoms with E-state index in [0.29, 0.717) is 17.9 Å². The zero-order valence-electron chi connectivity index (χ0n) is 20.7. The zero-order valence-corrected chi connectivity index (χ0v) is 20.7. The number of imidazole rings is 1. The maximum Gasteiger partial charge on any atom is 0.253 e. The van der Waals surface area contributed by atoms with E-state index < -0.39 is 0 Å². The molecule has 7 nitrogen and oxygen atoms in total. The highest BCUT2D eigenvalue weighted by molar-refractivity contribution is 5.98. The second-order valence-electron chi connectivity index (χ2n) is 10.4. The molecule has 2 atom stereocenters. The van der Waals surface area contributed by atoms with Crippen molar-refractivity contribution in [3.63, 3.8) is 0 Å². The Labute approximate surface area is 206 Å². The molecule has 2 saturated heterocycles. The lowest BCUT2D eigenvalue weighted by molar-refractivity contribution is 0.0669. The predicted octanol–water partition coefficient (Wildman–Crippen LogP) is 4.64. The molecule has 182 valence electrons. The predicted molar refractivity (Wildman–Crippen MR) is 141 cm³/mol. The van der Waals surface area contributed by atoms with Gasteiger partial charge in [0.15, 0.2) is 5.82 Å². The summed E-state index contributed by atoms with van der Waals surface area (Å²) in [6.45, 7) is 9.51. The number of piperidine rings is 1. The van der Waals surface area contributed by atoms with Crippen molar-refractivity contribution in [3.8, 4) is 11.5 Å². The zero-order chi connectivity index (χ0) is 24.1. The molecule has 2 aromatic heterocycles. The van der Waals surface area contributed by atoms with Gasteiger partial charge in [0.2, 0.25) is 0 Å². The summed E-state index contributed by atoms with van der Waals surface area (Å²) in [5.74, 6) is 3.31. The maximum absolute atomic E-state index is 13.4. The molecule has 1 aromatic carbocycles. The number of allylic oxidation sites excluding steroid dienone is 1. The third kappa shape index (κ3) is 3.92. The Hall–Kier alpha value is -3.19. The van der Waals surface area contributed by atoms with Crippen molar-refractivity contribution in [2.45, 2.75) is 45.2 Å². The van der Waals surface area contributed by atoms with Crippen LogP contribution in [0.4, 0.5) is 5.82 Å². The number of rotatable bonds is 6. The Morgan fingerprint density at radius 2 is 2.11 bits per heavy atom. The number of nitrogens with one attached hydrogen (secondary N) is 1. The van der Waals surface area contributed by atoms with Gasteiger partial charge in [-0.3, -0.25) is 4.79 Å². The molecule has 4 heterocycles. The fourth-order valence-electron chi connectivity index (χ4n) is 5.93. The number of aromatic nitrogens is 3. The minimum absolute atomic E-state index is 0.108. The van der Waals surface area contributed by atoms with Crippen LogP contribution in [-0.4, -0.2) is 57.3 Å². The first-order valence-corrected chi connectivity index (χ1v) is 12.9. The normalized spacial score (nSPS) is 22.3. The summed E-state index contributed by atoms with van der Waals surface area (Å²) in [4.78, 5) is 24.8. The lowest BCUT2D eigenvalue weighted by Gasteiger charge is -2.35. The van der Waals surface area contributed by atoms with E-state index in [0.717, 1.165) is 72.1 Å². The molecule has 0 radical (unpaired) electrons. The van der Waals surface area contributed by atoms with Gasteiger partial charge in [-0.15, -0.1) is 0 Å². The third-order valence-corrected chi connectivity index (χ3v) is 8.05. The number of amides is 1. The van der Waals surface area contributed by atoms with Gasteiger partial charge in [-0.2, -0.15) is 0 Å². The minimum atomic E-state index is 0.108. The van der Waals surface area contributed by atoms with Crippen molar-refractivity contribution < 1.29 is 4.79 Å². The van der Waals surface area contributed by atoms with Gasteiger partial charge in [-0.05, 0) is 82.0 Å². The Bertz CT molecular complexity index is 1330. The second-order valence-corrected chi connectivity index (χ2v) is 10.4. The van der Waals surface area contributed by atoms with E-state index in [-0.39, 0.29) is 5.91 Å². The van der Waals surface area contributed by atoms with Crippen LogP contribution in [0, 0.1) is 11.8 Å². The van der Waals surface area contributed by atoms with E-state index in [1.54, 1.807) is 0 Å². The van der Waals surface area contributed by atoms with Crippen LogP contribution >= 0.6 is 0 Å². The topological polar surface area (TPSA) is 67.5 Å². The number of hydrogen-bond acceptors (Lipinski definition) is 4. The van der Waals surface area contributed by atoms with Crippen molar-refractivity contribution >= 4 is 35.6 Å². The molecule has 35 heavy (non-hydrogen) atoms. The SMILES string of the molecule is C=Nc1c(/C=C\C)cc(-c2nc3cc(C(=O)N4CC[C@H]5CCN[C@H]5C4)ccc3n2C)n1CC1CC1. The first kappa shape index (κ1) is 22.3. The number of benzene rings is 1. The first-order valence-electron chi connectivity index (χ1n) is 12.9. The standard InChI is InChI=1S/C28H34N6O/c1-4-5-20-15-25(34(26(20)29-2)16-18-6-7-18)27-31-22-14-21(8-9-24(22)32(27)3)28(35)33-13-11-19-10-12-30-23(19)17-33/h4-5,8-9,14-15,18-19,23,30H,2,6-7,10-13,16-17H2,1,3H3/b5-4-/t19-,23+/m1/s1. The molecular formula is C28H34N6O. The van der Waals surface area contributed by atoms with Crippen molar-refractivity contribution in [1.29, 1.82) is 0 Å². The van der Waals surface area contributed by atoms with Crippen LogP contribution in [-0.2, 0) is 13.6 Å². The molecule has 3 aliphatic rings.